The quantitative estimate of drug-likeness (QED) is 0.657. The molecule has 0 spiro atoms. The summed E-state index contributed by atoms with van der Waals surface area (Å²) in [6, 6.07) is 13.1. The predicted molar refractivity (Wildman–Crippen MR) is 72.1 cm³/mol. The van der Waals surface area contributed by atoms with Gasteiger partial charge in [-0.25, -0.2) is 0 Å². The van der Waals surface area contributed by atoms with Gasteiger partial charge in [0.2, 0.25) is 0 Å². The number of thiophene rings is 1. The second-order valence-electron chi connectivity index (χ2n) is 4.26. The summed E-state index contributed by atoms with van der Waals surface area (Å²) in [7, 11) is 0. The maximum atomic E-state index is 2.31. The highest BCUT2D eigenvalue weighted by Gasteiger charge is 1.97. The van der Waals surface area contributed by atoms with Gasteiger partial charge in [-0.1, -0.05) is 30.3 Å². The SMILES string of the molecule is Cc1cc(CCCCc2ccccc2)cs1. The maximum absolute atomic E-state index is 2.31. The zero-order valence-electron chi connectivity index (χ0n) is 9.78. The molecular formula is C15H18S. The van der Waals surface area contributed by atoms with Crippen molar-refractivity contribution < 1.29 is 0 Å². The van der Waals surface area contributed by atoms with Crippen molar-refractivity contribution >= 4 is 11.3 Å². The van der Waals surface area contributed by atoms with Gasteiger partial charge < -0.3 is 0 Å². The van der Waals surface area contributed by atoms with Crippen molar-refractivity contribution in [1.29, 1.82) is 0 Å². The first-order valence-electron chi connectivity index (χ1n) is 5.92. The van der Waals surface area contributed by atoms with E-state index in [1.807, 2.05) is 11.3 Å². The van der Waals surface area contributed by atoms with Crippen molar-refractivity contribution in [1.82, 2.24) is 0 Å². The average Bonchev–Trinajstić information content (AvgIpc) is 2.72. The summed E-state index contributed by atoms with van der Waals surface area (Å²) in [6.07, 6.45) is 5.03. The summed E-state index contributed by atoms with van der Waals surface area (Å²) < 4.78 is 0. The lowest BCUT2D eigenvalue weighted by molar-refractivity contribution is 0.735. The van der Waals surface area contributed by atoms with E-state index in [2.05, 4.69) is 48.7 Å². The van der Waals surface area contributed by atoms with E-state index in [0.717, 1.165) is 0 Å². The van der Waals surface area contributed by atoms with Crippen LogP contribution in [0, 0.1) is 6.92 Å². The zero-order chi connectivity index (χ0) is 11.2. The molecule has 16 heavy (non-hydrogen) atoms. The molecule has 0 radical (unpaired) electrons. The minimum atomic E-state index is 1.21. The number of benzene rings is 1. The molecular weight excluding hydrogens is 212 g/mol. The monoisotopic (exact) mass is 230 g/mol. The van der Waals surface area contributed by atoms with Gasteiger partial charge in [-0.05, 0) is 55.2 Å². The number of unbranched alkanes of at least 4 members (excludes halogenated alkanes) is 1. The van der Waals surface area contributed by atoms with Gasteiger partial charge in [0.25, 0.3) is 0 Å². The van der Waals surface area contributed by atoms with Gasteiger partial charge in [-0.3, -0.25) is 0 Å². The number of hydrogen-bond acceptors (Lipinski definition) is 1. The molecule has 0 saturated carbocycles. The number of aryl methyl sites for hydroxylation is 3. The summed E-state index contributed by atoms with van der Waals surface area (Å²) in [5.41, 5.74) is 2.97. The molecule has 84 valence electrons. The minimum absolute atomic E-state index is 1.21. The standard InChI is InChI=1S/C15H18S/c1-13-11-15(12-16-13)10-6-5-9-14-7-3-2-4-8-14/h2-4,7-8,11-12H,5-6,9-10H2,1H3. The van der Waals surface area contributed by atoms with Crippen LogP contribution >= 0.6 is 11.3 Å². The van der Waals surface area contributed by atoms with E-state index in [1.165, 1.54) is 41.7 Å². The first kappa shape index (κ1) is 11.4. The van der Waals surface area contributed by atoms with Crippen molar-refractivity contribution in [3.05, 3.63) is 57.8 Å². The third-order valence-electron chi connectivity index (χ3n) is 2.81. The maximum Gasteiger partial charge on any atom is 0.00170 e. The summed E-state index contributed by atoms with van der Waals surface area (Å²) in [5.74, 6) is 0. The second-order valence-corrected chi connectivity index (χ2v) is 5.37. The molecule has 2 rings (SSSR count). The Kier molecular flexibility index (Phi) is 4.17. The van der Waals surface area contributed by atoms with Crippen LogP contribution in [0.2, 0.25) is 0 Å². The molecule has 0 aliphatic rings. The molecule has 1 heterocycles. The van der Waals surface area contributed by atoms with E-state index in [0.29, 0.717) is 0 Å². The topological polar surface area (TPSA) is 0 Å². The average molecular weight is 230 g/mol. The van der Waals surface area contributed by atoms with Crippen LogP contribution in [0.1, 0.15) is 28.8 Å². The molecule has 0 aliphatic carbocycles. The van der Waals surface area contributed by atoms with E-state index in [-0.39, 0.29) is 0 Å². The van der Waals surface area contributed by atoms with Crippen molar-refractivity contribution in [2.75, 3.05) is 0 Å². The smallest absolute Gasteiger partial charge is 0.00170 e. The first-order valence-corrected chi connectivity index (χ1v) is 6.80. The lowest BCUT2D eigenvalue weighted by atomic mass is 10.1. The lowest BCUT2D eigenvalue weighted by Gasteiger charge is -2.00. The third-order valence-corrected chi connectivity index (χ3v) is 3.72. The van der Waals surface area contributed by atoms with Crippen LogP contribution in [0.5, 0.6) is 0 Å². The molecule has 0 aliphatic heterocycles. The van der Waals surface area contributed by atoms with Crippen LogP contribution in [0.4, 0.5) is 0 Å². The Balaban J connectivity index is 1.69. The van der Waals surface area contributed by atoms with E-state index in [4.69, 9.17) is 0 Å². The Bertz CT molecular complexity index is 414. The Hall–Kier alpha value is -1.08. The van der Waals surface area contributed by atoms with Crippen molar-refractivity contribution in [3.63, 3.8) is 0 Å². The molecule has 0 amide bonds. The van der Waals surface area contributed by atoms with E-state index >= 15 is 0 Å². The van der Waals surface area contributed by atoms with Gasteiger partial charge in [0.1, 0.15) is 0 Å². The van der Waals surface area contributed by atoms with Crippen LogP contribution in [0.25, 0.3) is 0 Å². The molecule has 1 heteroatoms. The highest BCUT2D eigenvalue weighted by Crippen LogP contribution is 2.16. The highest BCUT2D eigenvalue weighted by molar-refractivity contribution is 7.10. The molecule has 0 bridgehead atoms. The Morgan fingerprint density at radius 1 is 0.938 bits per heavy atom. The number of rotatable bonds is 5. The van der Waals surface area contributed by atoms with Gasteiger partial charge in [0, 0.05) is 4.88 Å². The fourth-order valence-electron chi connectivity index (χ4n) is 1.93. The van der Waals surface area contributed by atoms with Gasteiger partial charge in [0.15, 0.2) is 0 Å². The van der Waals surface area contributed by atoms with Crippen LogP contribution < -0.4 is 0 Å². The van der Waals surface area contributed by atoms with E-state index in [1.54, 1.807) is 0 Å². The summed E-state index contributed by atoms with van der Waals surface area (Å²) in [6.45, 7) is 2.18. The second kappa shape index (κ2) is 5.86. The van der Waals surface area contributed by atoms with Crippen molar-refractivity contribution in [2.45, 2.75) is 32.6 Å². The normalized spacial score (nSPS) is 10.6. The molecule has 0 saturated heterocycles. The fraction of sp³-hybridized carbons (Fsp3) is 0.333. The lowest BCUT2D eigenvalue weighted by Crippen LogP contribution is -1.87. The van der Waals surface area contributed by atoms with Gasteiger partial charge in [-0.15, -0.1) is 11.3 Å². The minimum Gasteiger partial charge on any atom is -0.149 e. The highest BCUT2D eigenvalue weighted by atomic mass is 32.1. The zero-order valence-corrected chi connectivity index (χ0v) is 10.6. The predicted octanol–water partition coefficient (Wildman–Crippen LogP) is 4.62. The largest absolute Gasteiger partial charge is 0.149 e. The van der Waals surface area contributed by atoms with Crippen molar-refractivity contribution in [2.24, 2.45) is 0 Å². The number of hydrogen-bond donors (Lipinski definition) is 0. The van der Waals surface area contributed by atoms with Gasteiger partial charge in [0.05, 0.1) is 0 Å². The molecule has 0 N–H and O–H groups in total. The fourth-order valence-corrected chi connectivity index (χ4v) is 2.67. The van der Waals surface area contributed by atoms with Crippen molar-refractivity contribution in [3.8, 4) is 0 Å². The molecule has 1 aromatic carbocycles. The summed E-state index contributed by atoms with van der Waals surface area (Å²) in [5, 5.41) is 2.29. The third kappa shape index (κ3) is 3.49. The molecule has 0 unspecified atom stereocenters. The van der Waals surface area contributed by atoms with E-state index in [9.17, 15) is 0 Å². The van der Waals surface area contributed by atoms with Crippen LogP contribution in [-0.4, -0.2) is 0 Å². The van der Waals surface area contributed by atoms with Gasteiger partial charge in [-0.2, -0.15) is 0 Å². The van der Waals surface area contributed by atoms with E-state index < -0.39 is 0 Å². The van der Waals surface area contributed by atoms with Gasteiger partial charge >= 0.3 is 0 Å². The Morgan fingerprint density at radius 3 is 2.25 bits per heavy atom. The summed E-state index contributed by atoms with van der Waals surface area (Å²) >= 11 is 1.86. The van der Waals surface area contributed by atoms with Crippen LogP contribution in [0.3, 0.4) is 0 Å². The first-order chi connectivity index (χ1) is 7.84. The Morgan fingerprint density at radius 2 is 1.62 bits per heavy atom. The molecule has 1 aromatic heterocycles. The molecule has 0 nitrogen and oxygen atoms in total. The Labute approximate surface area is 102 Å². The van der Waals surface area contributed by atoms with Crippen LogP contribution in [-0.2, 0) is 12.8 Å². The molecule has 2 aromatic rings. The summed E-state index contributed by atoms with van der Waals surface area (Å²) in [4.78, 5) is 1.43. The molecule has 0 fully saturated rings. The van der Waals surface area contributed by atoms with Crippen LogP contribution in [0.15, 0.2) is 41.8 Å². The molecule has 0 atom stereocenters.